The van der Waals surface area contributed by atoms with Gasteiger partial charge in [-0.1, -0.05) is 22.0 Å². The standard InChI is InChI=1S/C16H17Br2NO2/c1-10-5-13(17)7-12(8-19)16(10)21-9-11-3-4-15(20-2)14(18)6-11/h3-7H,8-9,19H2,1-2H3. The molecule has 3 nitrogen and oxygen atoms in total. The Bertz CT molecular complexity index is 644. The lowest BCUT2D eigenvalue weighted by molar-refractivity contribution is 0.300. The summed E-state index contributed by atoms with van der Waals surface area (Å²) < 4.78 is 13.1. The first-order chi connectivity index (χ1) is 10.0. The summed E-state index contributed by atoms with van der Waals surface area (Å²) in [6.07, 6.45) is 0. The minimum atomic E-state index is 0.446. The Kier molecular flexibility index (Phi) is 5.67. The van der Waals surface area contributed by atoms with Crippen LogP contribution < -0.4 is 15.2 Å². The van der Waals surface area contributed by atoms with Crippen LogP contribution in [0.2, 0.25) is 0 Å². The van der Waals surface area contributed by atoms with Crippen LogP contribution in [-0.2, 0) is 13.2 Å². The molecule has 0 fully saturated rings. The fraction of sp³-hybridized carbons (Fsp3) is 0.250. The summed E-state index contributed by atoms with van der Waals surface area (Å²) in [4.78, 5) is 0. The molecule has 5 heteroatoms. The molecule has 0 saturated heterocycles. The van der Waals surface area contributed by atoms with E-state index in [1.165, 1.54) is 0 Å². The van der Waals surface area contributed by atoms with Gasteiger partial charge in [-0.15, -0.1) is 0 Å². The van der Waals surface area contributed by atoms with Crippen LogP contribution in [0.15, 0.2) is 39.3 Å². The third-order valence-corrected chi connectivity index (χ3v) is 4.21. The third kappa shape index (κ3) is 3.99. The monoisotopic (exact) mass is 413 g/mol. The summed E-state index contributed by atoms with van der Waals surface area (Å²) in [6, 6.07) is 9.92. The second-order valence-corrected chi connectivity index (χ2v) is 6.44. The van der Waals surface area contributed by atoms with Crippen molar-refractivity contribution in [2.24, 2.45) is 5.73 Å². The van der Waals surface area contributed by atoms with Gasteiger partial charge in [0.25, 0.3) is 0 Å². The molecule has 0 saturated carbocycles. The number of ether oxygens (including phenoxy) is 2. The fourth-order valence-corrected chi connectivity index (χ4v) is 3.32. The van der Waals surface area contributed by atoms with Gasteiger partial charge in [0.2, 0.25) is 0 Å². The topological polar surface area (TPSA) is 44.5 Å². The highest BCUT2D eigenvalue weighted by atomic mass is 79.9. The molecule has 0 aliphatic rings. The molecule has 0 heterocycles. The molecular formula is C16H17Br2NO2. The summed E-state index contributed by atoms with van der Waals surface area (Å²) in [5.41, 5.74) is 8.92. The number of rotatable bonds is 5. The number of nitrogens with two attached hydrogens (primary N) is 1. The Labute approximate surface area is 141 Å². The molecule has 2 aromatic carbocycles. The van der Waals surface area contributed by atoms with Gasteiger partial charge in [0.05, 0.1) is 11.6 Å². The van der Waals surface area contributed by atoms with E-state index in [1.54, 1.807) is 7.11 Å². The smallest absolute Gasteiger partial charge is 0.133 e. The van der Waals surface area contributed by atoms with Gasteiger partial charge in [0.15, 0.2) is 0 Å². The Balaban J connectivity index is 2.18. The highest BCUT2D eigenvalue weighted by Gasteiger charge is 2.09. The average Bonchev–Trinajstić information content (AvgIpc) is 2.45. The van der Waals surface area contributed by atoms with Crippen LogP contribution in [0, 0.1) is 6.92 Å². The zero-order valence-corrected chi connectivity index (χ0v) is 15.1. The lowest BCUT2D eigenvalue weighted by Gasteiger charge is -2.14. The first-order valence-electron chi connectivity index (χ1n) is 6.49. The molecule has 2 aromatic rings. The SMILES string of the molecule is COc1ccc(COc2c(C)cc(Br)cc2CN)cc1Br. The zero-order valence-electron chi connectivity index (χ0n) is 12.0. The summed E-state index contributed by atoms with van der Waals surface area (Å²) in [6.45, 7) is 2.95. The first kappa shape index (κ1) is 16.3. The lowest BCUT2D eigenvalue weighted by atomic mass is 10.1. The van der Waals surface area contributed by atoms with Crippen LogP contribution in [-0.4, -0.2) is 7.11 Å². The van der Waals surface area contributed by atoms with Crippen LogP contribution in [0.25, 0.3) is 0 Å². The van der Waals surface area contributed by atoms with Crippen LogP contribution in [0.3, 0.4) is 0 Å². The van der Waals surface area contributed by atoms with Gasteiger partial charge in [0, 0.05) is 16.6 Å². The molecule has 112 valence electrons. The highest BCUT2D eigenvalue weighted by molar-refractivity contribution is 9.10. The lowest BCUT2D eigenvalue weighted by Crippen LogP contribution is -2.04. The van der Waals surface area contributed by atoms with Crippen molar-refractivity contribution in [2.45, 2.75) is 20.1 Å². The van der Waals surface area contributed by atoms with Gasteiger partial charge in [-0.05, 0) is 58.2 Å². The van der Waals surface area contributed by atoms with E-state index < -0.39 is 0 Å². The van der Waals surface area contributed by atoms with Crippen molar-refractivity contribution >= 4 is 31.9 Å². The van der Waals surface area contributed by atoms with E-state index >= 15 is 0 Å². The number of benzene rings is 2. The third-order valence-electron chi connectivity index (χ3n) is 3.14. The molecule has 0 bridgehead atoms. The first-order valence-corrected chi connectivity index (χ1v) is 8.08. The highest BCUT2D eigenvalue weighted by Crippen LogP contribution is 2.30. The van der Waals surface area contributed by atoms with Crippen molar-refractivity contribution in [3.63, 3.8) is 0 Å². The number of hydrogen-bond acceptors (Lipinski definition) is 3. The number of aryl methyl sites for hydroxylation is 1. The van der Waals surface area contributed by atoms with Crippen molar-refractivity contribution < 1.29 is 9.47 Å². The van der Waals surface area contributed by atoms with Crippen molar-refractivity contribution in [1.29, 1.82) is 0 Å². The molecule has 0 aliphatic heterocycles. The van der Waals surface area contributed by atoms with Crippen LogP contribution >= 0.6 is 31.9 Å². The van der Waals surface area contributed by atoms with E-state index in [0.29, 0.717) is 13.2 Å². The molecule has 0 atom stereocenters. The van der Waals surface area contributed by atoms with Crippen LogP contribution in [0.1, 0.15) is 16.7 Å². The molecule has 0 aliphatic carbocycles. The molecule has 2 rings (SSSR count). The van der Waals surface area contributed by atoms with E-state index in [2.05, 4.69) is 31.9 Å². The van der Waals surface area contributed by atoms with Gasteiger partial charge < -0.3 is 15.2 Å². The number of methoxy groups -OCH3 is 1. The second kappa shape index (κ2) is 7.29. The molecular weight excluding hydrogens is 398 g/mol. The van der Waals surface area contributed by atoms with Gasteiger partial charge in [-0.2, -0.15) is 0 Å². The predicted molar refractivity (Wildman–Crippen MR) is 91.8 cm³/mol. The van der Waals surface area contributed by atoms with Gasteiger partial charge in [-0.3, -0.25) is 0 Å². The van der Waals surface area contributed by atoms with E-state index in [9.17, 15) is 0 Å². The zero-order chi connectivity index (χ0) is 15.4. The number of hydrogen-bond donors (Lipinski definition) is 1. The van der Waals surface area contributed by atoms with Crippen molar-refractivity contribution in [2.75, 3.05) is 7.11 Å². The van der Waals surface area contributed by atoms with E-state index in [0.717, 1.165) is 37.1 Å². The Hall–Kier alpha value is -1.04. The molecule has 0 amide bonds. The minimum absolute atomic E-state index is 0.446. The van der Waals surface area contributed by atoms with Crippen molar-refractivity contribution in [3.05, 3.63) is 56.0 Å². The van der Waals surface area contributed by atoms with Crippen molar-refractivity contribution in [3.8, 4) is 11.5 Å². The van der Waals surface area contributed by atoms with Gasteiger partial charge >= 0.3 is 0 Å². The van der Waals surface area contributed by atoms with E-state index in [4.69, 9.17) is 15.2 Å². The Morgan fingerprint density at radius 3 is 2.52 bits per heavy atom. The number of halogens is 2. The largest absolute Gasteiger partial charge is 0.496 e. The summed E-state index contributed by atoms with van der Waals surface area (Å²) >= 11 is 6.96. The average molecular weight is 415 g/mol. The normalized spacial score (nSPS) is 10.5. The molecule has 2 N–H and O–H groups in total. The van der Waals surface area contributed by atoms with Gasteiger partial charge in [-0.25, -0.2) is 0 Å². The summed E-state index contributed by atoms with van der Waals surface area (Å²) in [5.74, 6) is 1.66. The molecule has 0 spiro atoms. The van der Waals surface area contributed by atoms with Crippen LogP contribution in [0.5, 0.6) is 11.5 Å². The summed E-state index contributed by atoms with van der Waals surface area (Å²) in [7, 11) is 1.65. The molecule has 0 unspecified atom stereocenters. The Morgan fingerprint density at radius 1 is 1.14 bits per heavy atom. The summed E-state index contributed by atoms with van der Waals surface area (Å²) in [5, 5.41) is 0. The minimum Gasteiger partial charge on any atom is -0.496 e. The second-order valence-electron chi connectivity index (χ2n) is 4.67. The maximum absolute atomic E-state index is 5.97. The predicted octanol–water partition coefficient (Wildman–Crippen LogP) is 4.57. The molecule has 21 heavy (non-hydrogen) atoms. The maximum Gasteiger partial charge on any atom is 0.133 e. The fourth-order valence-electron chi connectivity index (χ4n) is 2.11. The van der Waals surface area contributed by atoms with Crippen molar-refractivity contribution in [1.82, 2.24) is 0 Å². The van der Waals surface area contributed by atoms with E-state index in [1.807, 2.05) is 37.3 Å². The molecule has 0 aromatic heterocycles. The van der Waals surface area contributed by atoms with E-state index in [-0.39, 0.29) is 0 Å². The maximum atomic E-state index is 5.97. The Morgan fingerprint density at radius 2 is 1.90 bits per heavy atom. The van der Waals surface area contributed by atoms with Gasteiger partial charge in [0.1, 0.15) is 18.1 Å². The quantitative estimate of drug-likeness (QED) is 0.779. The molecule has 0 radical (unpaired) electrons. The van der Waals surface area contributed by atoms with Crippen LogP contribution in [0.4, 0.5) is 0 Å².